The molecular weight excluding hydrogens is 140 g/mol. The second-order valence-electron chi connectivity index (χ2n) is 1.83. The molecule has 0 aromatic heterocycles. The van der Waals surface area contributed by atoms with Gasteiger partial charge in [0.1, 0.15) is 0 Å². The maximum atomic E-state index is 12.3. The molecule has 0 aliphatic rings. The molecule has 3 N–H and O–H groups in total. The second kappa shape index (κ2) is 2.13. The Morgan fingerprint density at radius 1 is 1.20 bits per heavy atom. The van der Waals surface area contributed by atoms with E-state index in [1.165, 1.54) is 0 Å². The molecule has 0 heterocycles. The van der Waals surface area contributed by atoms with Gasteiger partial charge in [0, 0.05) is 17.8 Å². The van der Waals surface area contributed by atoms with Crippen LogP contribution in [0.2, 0.25) is 0 Å². The maximum Gasteiger partial charge on any atom is 0.187 e. The van der Waals surface area contributed by atoms with Gasteiger partial charge in [-0.2, -0.15) is 0 Å². The molecule has 0 aliphatic carbocycles. The van der Waals surface area contributed by atoms with Crippen molar-refractivity contribution >= 4 is 5.69 Å². The number of nitrogen functional groups attached to an aromatic ring is 1. The lowest BCUT2D eigenvalue weighted by Crippen LogP contribution is -1.89. The molecule has 2 nitrogen and oxygen atoms in total. The second-order valence-corrected chi connectivity index (χ2v) is 1.83. The van der Waals surface area contributed by atoms with Gasteiger partial charge in [-0.05, 0) is 0 Å². The van der Waals surface area contributed by atoms with Crippen LogP contribution in [0.15, 0.2) is 12.1 Å². The number of hydrogen-bond donors (Lipinski definition) is 2. The van der Waals surface area contributed by atoms with Gasteiger partial charge in [0.2, 0.25) is 0 Å². The fraction of sp³-hybridized carbons (Fsp3) is 0. The number of phenols is 1. The summed E-state index contributed by atoms with van der Waals surface area (Å²) in [6, 6.07) is 1.69. The summed E-state index contributed by atoms with van der Waals surface area (Å²) in [6.07, 6.45) is 0. The number of rotatable bonds is 0. The van der Waals surface area contributed by atoms with Crippen molar-refractivity contribution in [2.45, 2.75) is 0 Å². The van der Waals surface area contributed by atoms with E-state index in [0.717, 1.165) is 12.1 Å². The van der Waals surface area contributed by atoms with Crippen LogP contribution in [-0.2, 0) is 0 Å². The van der Waals surface area contributed by atoms with Crippen LogP contribution in [0, 0.1) is 11.6 Å². The van der Waals surface area contributed by atoms with E-state index >= 15 is 0 Å². The minimum atomic E-state index is -1.04. The standard InChI is InChI=1S/C6H5F2NO/c7-4-1-3(9)2-5(8)6(4)10/h1-2,10H,9H2. The van der Waals surface area contributed by atoms with Gasteiger partial charge >= 0.3 is 0 Å². The summed E-state index contributed by atoms with van der Waals surface area (Å²) in [7, 11) is 0. The average Bonchev–Trinajstić information content (AvgIpc) is 1.82. The molecule has 0 amide bonds. The first kappa shape index (κ1) is 6.80. The third kappa shape index (κ3) is 1.00. The third-order valence-electron chi connectivity index (χ3n) is 1.04. The highest BCUT2D eigenvalue weighted by molar-refractivity contribution is 5.43. The Labute approximate surface area is 55.9 Å². The van der Waals surface area contributed by atoms with Gasteiger partial charge in [-0.3, -0.25) is 0 Å². The fourth-order valence-corrected chi connectivity index (χ4v) is 0.585. The predicted octanol–water partition coefficient (Wildman–Crippen LogP) is 1.25. The number of hydrogen-bond acceptors (Lipinski definition) is 2. The Hall–Kier alpha value is -1.32. The molecular formula is C6H5F2NO. The summed E-state index contributed by atoms with van der Waals surface area (Å²) in [5.41, 5.74) is 4.99. The molecule has 0 spiro atoms. The van der Waals surface area contributed by atoms with E-state index in [9.17, 15) is 8.78 Å². The molecule has 1 aromatic rings. The van der Waals surface area contributed by atoms with E-state index in [4.69, 9.17) is 10.8 Å². The van der Waals surface area contributed by atoms with Gasteiger partial charge in [0.25, 0.3) is 0 Å². The molecule has 0 saturated carbocycles. The van der Waals surface area contributed by atoms with Crippen molar-refractivity contribution in [3.63, 3.8) is 0 Å². The van der Waals surface area contributed by atoms with Gasteiger partial charge in [-0.15, -0.1) is 0 Å². The van der Waals surface area contributed by atoms with Crippen molar-refractivity contribution in [3.05, 3.63) is 23.8 Å². The topological polar surface area (TPSA) is 46.2 Å². The summed E-state index contributed by atoms with van der Waals surface area (Å²) >= 11 is 0. The predicted molar refractivity (Wildman–Crippen MR) is 32.4 cm³/mol. The first-order chi connectivity index (χ1) is 4.61. The van der Waals surface area contributed by atoms with E-state index in [0.29, 0.717) is 0 Å². The summed E-state index contributed by atoms with van der Waals surface area (Å²) in [5.74, 6) is -3.08. The minimum absolute atomic E-state index is 0.0483. The number of benzene rings is 1. The summed E-state index contributed by atoms with van der Waals surface area (Å²) in [6.45, 7) is 0. The van der Waals surface area contributed by atoms with E-state index in [1.807, 2.05) is 0 Å². The van der Waals surface area contributed by atoms with Crippen LogP contribution in [0.25, 0.3) is 0 Å². The van der Waals surface area contributed by atoms with E-state index < -0.39 is 17.4 Å². The van der Waals surface area contributed by atoms with E-state index in [2.05, 4.69) is 0 Å². The Morgan fingerprint density at radius 2 is 1.60 bits per heavy atom. The third-order valence-corrected chi connectivity index (χ3v) is 1.04. The minimum Gasteiger partial charge on any atom is -0.503 e. The summed E-state index contributed by atoms with van der Waals surface area (Å²) in [5, 5.41) is 8.53. The largest absolute Gasteiger partial charge is 0.503 e. The van der Waals surface area contributed by atoms with Crippen molar-refractivity contribution < 1.29 is 13.9 Å². The summed E-state index contributed by atoms with van der Waals surface area (Å²) in [4.78, 5) is 0. The highest BCUT2D eigenvalue weighted by Gasteiger charge is 2.06. The van der Waals surface area contributed by atoms with Crippen molar-refractivity contribution in [1.29, 1.82) is 0 Å². The lowest BCUT2D eigenvalue weighted by Gasteiger charge is -1.97. The van der Waals surface area contributed by atoms with Crippen LogP contribution in [0.5, 0.6) is 5.75 Å². The number of anilines is 1. The molecule has 1 rings (SSSR count). The van der Waals surface area contributed by atoms with Crippen LogP contribution in [0.4, 0.5) is 14.5 Å². The Bertz CT molecular complexity index is 239. The number of aromatic hydroxyl groups is 1. The molecule has 0 saturated heterocycles. The number of halogens is 2. The number of phenolic OH excluding ortho intramolecular Hbond substituents is 1. The molecule has 54 valence electrons. The van der Waals surface area contributed by atoms with Crippen molar-refractivity contribution in [2.24, 2.45) is 0 Å². The lowest BCUT2D eigenvalue weighted by molar-refractivity contribution is 0.397. The first-order valence-corrected chi connectivity index (χ1v) is 2.54. The van der Waals surface area contributed by atoms with Crippen molar-refractivity contribution in [1.82, 2.24) is 0 Å². The Kier molecular flexibility index (Phi) is 1.45. The molecule has 10 heavy (non-hydrogen) atoms. The van der Waals surface area contributed by atoms with E-state index in [-0.39, 0.29) is 5.69 Å². The highest BCUT2D eigenvalue weighted by Crippen LogP contribution is 2.21. The van der Waals surface area contributed by atoms with Gasteiger partial charge < -0.3 is 10.8 Å². The molecule has 0 atom stereocenters. The van der Waals surface area contributed by atoms with Crippen molar-refractivity contribution in [2.75, 3.05) is 5.73 Å². The lowest BCUT2D eigenvalue weighted by atomic mass is 10.3. The van der Waals surface area contributed by atoms with Gasteiger partial charge in [-0.25, -0.2) is 8.78 Å². The van der Waals surface area contributed by atoms with Crippen LogP contribution in [-0.4, -0.2) is 5.11 Å². The zero-order valence-electron chi connectivity index (χ0n) is 4.94. The van der Waals surface area contributed by atoms with Gasteiger partial charge in [0.15, 0.2) is 17.4 Å². The molecule has 0 radical (unpaired) electrons. The first-order valence-electron chi connectivity index (χ1n) is 2.54. The Balaban J connectivity index is 3.31. The molecule has 0 unspecified atom stereocenters. The molecule has 0 bridgehead atoms. The van der Waals surface area contributed by atoms with Crippen LogP contribution < -0.4 is 5.73 Å². The van der Waals surface area contributed by atoms with Crippen LogP contribution in [0.1, 0.15) is 0 Å². The molecule has 4 heteroatoms. The monoisotopic (exact) mass is 145 g/mol. The highest BCUT2D eigenvalue weighted by atomic mass is 19.1. The molecule has 1 aromatic carbocycles. The normalized spacial score (nSPS) is 9.80. The number of nitrogens with two attached hydrogens (primary N) is 1. The molecule has 0 aliphatic heterocycles. The van der Waals surface area contributed by atoms with Crippen LogP contribution >= 0.6 is 0 Å². The zero-order chi connectivity index (χ0) is 7.72. The quantitative estimate of drug-likeness (QED) is 0.426. The van der Waals surface area contributed by atoms with Crippen molar-refractivity contribution in [3.8, 4) is 5.75 Å². The van der Waals surface area contributed by atoms with Gasteiger partial charge in [0.05, 0.1) is 0 Å². The fourth-order valence-electron chi connectivity index (χ4n) is 0.585. The maximum absolute atomic E-state index is 12.3. The smallest absolute Gasteiger partial charge is 0.187 e. The van der Waals surface area contributed by atoms with Crippen LogP contribution in [0.3, 0.4) is 0 Å². The van der Waals surface area contributed by atoms with E-state index in [1.54, 1.807) is 0 Å². The van der Waals surface area contributed by atoms with Gasteiger partial charge in [-0.1, -0.05) is 0 Å². The Morgan fingerprint density at radius 3 is 2.00 bits per heavy atom. The summed E-state index contributed by atoms with van der Waals surface area (Å²) < 4.78 is 24.5. The average molecular weight is 145 g/mol. The SMILES string of the molecule is Nc1cc(F)c(O)c(F)c1. The zero-order valence-corrected chi connectivity index (χ0v) is 4.94. The molecule has 0 fully saturated rings.